The van der Waals surface area contributed by atoms with Crippen molar-refractivity contribution in [3.05, 3.63) is 35.5 Å². The maximum Gasteiger partial charge on any atom is 0.168 e. The van der Waals surface area contributed by atoms with Crippen LogP contribution in [0.25, 0.3) is 0 Å². The number of hydrogen-bond donors (Lipinski definition) is 0. The van der Waals surface area contributed by atoms with Crippen molar-refractivity contribution in [2.24, 2.45) is 0 Å². The van der Waals surface area contributed by atoms with Crippen LogP contribution >= 0.6 is 0 Å². The number of halogens is 2. The first-order valence-corrected chi connectivity index (χ1v) is 3.13. The van der Waals surface area contributed by atoms with Crippen LogP contribution in [0.1, 0.15) is 6.42 Å². The van der Waals surface area contributed by atoms with Crippen LogP contribution in [0.15, 0.2) is 35.5 Å². The van der Waals surface area contributed by atoms with Crippen LogP contribution in [0.4, 0.5) is 8.78 Å². The monoisotopic (exact) mass is 156 g/mol. The summed E-state index contributed by atoms with van der Waals surface area (Å²) in [5.74, 6) is -2.06. The van der Waals surface area contributed by atoms with Crippen molar-refractivity contribution in [2.75, 3.05) is 0 Å². The van der Waals surface area contributed by atoms with E-state index in [2.05, 4.69) is 0 Å². The molecule has 1 rings (SSSR count). The second kappa shape index (κ2) is 3.23. The van der Waals surface area contributed by atoms with Gasteiger partial charge in [0.15, 0.2) is 17.9 Å². The van der Waals surface area contributed by atoms with E-state index in [-0.39, 0.29) is 5.57 Å². The summed E-state index contributed by atoms with van der Waals surface area (Å²) in [4.78, 5) is 10.1. The van der Waals surface area contributed by atoms with Gasteiger partial charge in [-0.3, -0.25) is 4.79 Å². The Balaban J connectivity index is 3.07. The van der Waals surface area contributed by atoms with Gasteiger partial charge >= 0.3 is 0 Å². The van der Waals surface area contributed by atoms with Crippen LogP contribution in [0, 0.1) is 0 Å². The first kappa shape index (κ1) is 7.85. The second-order valence-corrected chi connectivity index (χ2v) is 2.08. The Labute approximate surface area is 62.7 Å². The molecule has 0 amide bonds. The summed E-state index contributed by atoms with van der Waals surface area (Å²) in [6.45, 7) is 0. The molecule has 1 aliphatic carbocycles. The molecule has 0 heterocycles. The minimum absolute atomic E-state index is 0.215. The molecule has 3 heteroatoms. The summed E-state index contributed by atoms with van der Waals surface area (Å²) >= 11 is 0. The van der Waals surface area contributed by atoms with Crippen molar-refractivity contribution in [1.82, 2.24) is 0 Å². The molecule has 0 fully saturated rings. The number of rotatable bonds is 1. The normalized spacial score (nSPS) is 17.8. The molecule has 0 radical (unpaired) electrons. The molecular formula is C8H6F2O. The van der Waals surface area contributed by atoms with Crippen molar-refractivity contribution in [3.63, 3.8) is 0 Å². The Kier molecular flexibility index (Phi) is 2.31. The van der Waals surface area contributed by atoms with Crippen LogP contribution in [0.5, 0.6) is 0 Å². The third kappa shape index (κ3) is 1.61. The van der Waals surface area contributed by atoms with Crippen molar-refractivity contribution in [1.29, 1.82) is 0 Å². The molecule has 0 unspecified atom stereocenters. The molecule has 0 bridgehead atoms. The third-order valence-electron chi connectivity index (χ3n) is 1.33. The molecule has 58 valence electrons. The van der Waals surface area contributed by atoms with E-state index in [1.807, 2.05) is 0 Å². The molecule has 0 spiro atoms. The number of hydrogen-bond acceptors (Lipinski definition) is 1. The van der Waals surface area contributed by atoms with Crippen molar-refractivity contribution < 1.29 is 13.6 Å². The molecule has 1 nitrogen and oxygen atoms in total. The van der Waals surface area contributed by atoms with Crippen LogP contribution < -0.4 is 0 Å². The van der Waals surface area contributed by atoms with Gasteiger partial charge in [0.25, 0.3) is 0 Å². The molecule has 1 aliphatic rings. The SMILES string of the molecule is O=CC1=CCC=CC(F)=C1F. The Morgan fingerprint density at radius 3 is 2.82 bits per heavy atom. The first-order valence-electron chi connectivity index (χ1n) is 3.13. The summed E-state index contributed by atoms with van der Waals surface area (Å²) in [5, 5.41) is 0. The molecule has 0 aliphatic heterocycles. The fourth-order valence-corrected chi connectivity index (χ4v) is 0.767. The highest BCUT2D eigenvalue weighted by molar-refractivity contribution is 5.79. The maximum absolute atomic E-state index is 12.7. The Morgan fingerprint density at radius 2 is 2.18 bits per heavy atom. The lowest BCUT2D eigenvalue weighted by Crippen LogP contribution is -1.86. The van der Waals surface area contributed by atoms with E-state index in [1.54, 1.807) is 0 Å². The minimum Gasteiger partial charge on any atom is -0.298 e. The molecule has 0 aromatic heterocycles. The summed E-state index contributed by atoms with van der Waals surface area (Å²) < 4.78 is 25.1. The first-order chi connectivity index (χ1) is 5.25. The zero-order valence-electron chi connectivity index (χ0n) is 5.68. The average molecular weight is 156 g/mol. The highest BCUT2D eigenvalue weighted by atomic mass is 19.2. The summed E-state index contributed by atoms with van der Waals surface area (Å²) in [5.41, 5.74) is -0.215. The Morgan fingerprint density at radius 1 is 1.45 bits per heavy atom. The molecule has 11 heavy (non-hydrogen) atoms. The van der Waals surface area contributed by atoms with Crippen molar-refractivity contribution >= 4 is 6.29 Å². The predicted molar refractivity (Wildman–Crippen MR) is 37.1 cm³/mol. The van der Waals surface area contributed by atoms with Crippen LogP contribution in [-0.2, 0) is 4.79 Å². The van der Waals surface area contributed by atoms with E-state index in [0.717, 1.165) is 6.08 Å². The zero-order valence-corrected chi connectivity index (χ0v) is 5.68. The maximum atomic E-state index is 12.7. The molecule has 0 aromatic carbocycles. The van der Waals surface area contributed by atoms with Gasteiger partial charge in [0.2, 0.25) is 0 Å². The lowest BCUT2D eigenvalue weighted by atomic mass is 10.2. The molecule has 0 saturated heterocycles. The molecule has 0 N–H and O–H groups in total. The average Bonchev–Trinajstić information content (AvgIpc) is 2.16. The highest BCUT2D eigenvalue weighted by Crippen LogP contribution is 2.20. The number of aldehydes is 1. The molecular weight excluding hydrogens is 150 g/mol. The van der Waals surface area contributed by atoms with Crippen molar-refractivity contribution in [2.45, 2.75) is 6.42 Å². The molecule has 0 saturated carbocycles. The predicted octanol–water partition coefficient (Wildman–Crippen LogP) is 2.22. The molecule has 0 aromatic rings. The van der Waals surface area contributed by atoms with Gasteiger partial charge in [0, 0.05) is 5.57 Å². The smallest absolute Gasteiger partial charge is 0.168 e. The number of carbonyl (C=O) groups is 1. The van der Waals surface area contributed by atoms with Gasteiger partial charge in [-0.1, -0.05) is 12.2 Å². The lowest BCUT2D eigenvalue weighted by Gasteiger charge is -1.92. The summed E-state index contributed by atoms with van der Waals surface area (Å²) in [6, 6.07) is 0. The highest BCUT2D eigenvalue weighted by Gasteiger charge is 2.10. The van der Waals surface area contributed by atoms with E-state index in [1.165, 1.54) is 12.2 Å². The van der Waals surface area contributed by atoms with Gasteiger partial charge in [-0.15, -0.1) is 0 Å². The van der Waals surface area contributed by atoms with E-state index < -0.39 is 11.7 Å². The van der Waals surface area contributed by atoms with Crippen LogP contribution in [0.3, 0.4) is 0 Å². The summed E-state index contributed by atoms with van der Waals surface area (Å²) in [6.07, 6.45) is 4.50. The number of allylic oxidation sites excluding steroid dienone is 6. The summed E-state index contributed by atoms with van der Waals surface area (Å²) in [7, 11) is 0. The van der Waals surface area contributed by atoms with Gasteiger partial charge in [0.1, 0.15) is 0 Å². The minimum atomic E-state index is -1.08. The van der Waals surface area contributed by atoms with Crippen LogP contribution in [0.2, 0.25) is 0 Å². The van der Waals surface area contributed by atoms with E-state index in [4.69, 9.17) is 0 Å². The van der Waals surface area contributed by atoms with Gasteiger partial charge in [-0.2, -0.15) is 0 Å². The molecule has 0 atom stereocenters. The van der Waals surface area contributed by atoms with Gasteiger partial charge < -0.3 is 0 Å². The quantitative estimate of drug-likeness (QED) is 0.532. The van der Waals surface area contributed by atoms with E-state index in [0.29, 0.717) is 12.7 Å². The third-order valence-corrected chi connectivity index (χ3v) is 1.33. The zero-order chi connectivity index (χ0) is 8.27. The second-order valence-electron chi connectivity index (χ2n) is 2.08. The van der Waals surface area contributed by atoms with Gasteiger partial charge in [-0.05, 0) is 12.5 Å². The fraction of sp³-hybridized carbons (Fsp3) is 0.125. The topological polar surface area (TPSA) is 17.1 Å². The standard InChI is InChI=1S/C8H6F2O/c9-7-4-2-1-3-6(5-11)8(7)10/h2-5H,1H2. The fourth-order valence-electron chi connectivity index (χ4n) is 0.767. The Hall–Kier alpha value is -1.25. The lowest BCUT2D eigenvalue weighted by molar-refractivity contribution is -0.104. The number of carbonyl (C=O) groups excluding carboxylic acids is 1. The Bertz CT molecular complexity index is 261. The largest absolute Gasteiger partial charge is 0.298 e. The van der Waals surface area contributed by atoms with E-state index >= 15 is 0 Å². The van der Waals surface area contributed by atoms with Gasteiger partial charge in [0.05, 0.1) is 0 Å². The van der Waals surface area contributed by atoms with E-state index in [9.17, 15) is 13.6 Å². The van der Waals surface area contributed by atoms with Crippen molar-refractivity contribution in [3.8, 4) is 0 Å². The van der Waals surface area contributed by atoms with Gasteiger partial charge in [-0.25, -0.2) is 8.78 Å². The van der Waals surface area contributed by atoms with Crippen LogP contribution in [-0.4, -0.2) is 6.29 Å².